The van der Waals surface area contributed by atoms with Crippen LogP contribution in [0.25, 0.3) is 0 Å². The third-order valence-electron chi connectivity index (χ3n) is 3.85. The zero-order chi connectivity index (χ0) is 19.8. The van der Waals surface area contributed by atoms with Crippen molar-refractivity contribution in [1.82, 2.24) is 5.32 Å². The lowest BCUT2D eigenvalue weighted by atomic mass is 10.0. The van der Waals surface area contributed by atoms with Crippen LogP contribution in [0.2, 0.25) is 0 Å². The van der Waals surface area contributed by atoms with Crippen LogP contribution in [-0.2, 0) is 27.4 Å². The SMILES string of the molecule is CC(=O)NC(Cc1ccc(OP(C)C)c(C)c1)C(=O)OCc1ccccc1. The summed E-state index contributed by atoms with van der Waals surface area (Å²) in [5, 5.41) is 2.69. The number of rotatable bonds is 8. The van der Waals surface area contributed by atoms with Crippen LogP contribution in [0.4, 0.5) is 0 Å². The van der Waals surface area contributed by atoms with Crippen LogP contribution in [0.1, 0.15) is 23.6 Å². The third-order valence-corrected chi connectivity index (χ3v) is 4.41. The minimum Gasteiger partial charge on any atom is -0.474 e. The summed E-state index contributed by atoms with van der Waals surface area (Å²) in [4.78, 5) is 24.0. The van der Waals surface area contributed by atoms with Crippen molar-refractivity contribution in [3.63, 3.8) is 0 Å². The van der Waals surface area contributed by atoms with Gasteiger partial charge in [-0.1, -0.05) is 42.5 Å². The normalized spacial score (nSPS) is 11.7. The highest BCUT2D eigenvalue weighted by atomic mass is 31.1. The molecule has 1 atom stereocenters. The van der Waals surface area contributed by atoms with Gasteiger partial charge < -0.3 is 14.6 Å². The van der Waals surface area contributed by atoms with Gasteiger partial charge in [-0.25, -0.2) is 4.79 Å². The summed E-state index contributed by atoms with van der Waals surface area (Å²) in [5.74, 6) is 0.131. The van der Waals surface area contributed by atoms with Gasteiger partial charge in [-0.15, -0.1) is 0 Å². The number of hydrogen-bond donors (Lipinski definition) is 1. The van der Waals surface area contributed by atoms with Gasteiger partial charge in [0.15, 0.2) is 0 Å². The molecule has 0 saturated heterocycles. The van der Waals surface area contributed by atoms with Crippen molar-refractivity contribution < 1.29 is 18.8 Å². The van der Waals surface area contributed by atoms with E-state index < -0.39 is 20.2 Å². The molecule has 0 bridgehead atoms. The van der Waals surface area contributed by atoms with Gasteiger partial charge in [0, 0.05) is 13.3 Å². The molecule has 1 N–H and O–H groups in total. The number of nitrogens with one attached hydrogen (secondary N) is 1. The van der Waals surface area contributed by atoms with Gasteiger partial charge in [-0.05, 0) is 43.0 Å². The Balaban J connectivity index is 2.06. The fraction of sp³-hybridized carbons (Fsp3) is 0.333. The van der Waals surface area contributed by atoms with E-state index in [1.54, 1.807) is 0 Å². The van der Waals surface area contributed by atoms with E-state index in [4.69, 9.17) is 9.26 Å². The second kappa shape index (κ2) is 10.1. The Morgan fingerprint density at radius 1 is 1.07 bits per heavy atom. The molecule has 6 heteroatoms. The lowest BCUT2D eigenvalue weighted by molar-refractivity contribution is -0.149. The highest BCUT2D eigenvalue weighted by Gasteiger charge is 2.22. The Morgan fingerprint density at radius 3 is 2.37 bits per heavy atom. The van der Waals surface area contributed by atoms with Crippen LogP contribution in [-0.4, -0.2) is 31.2 Å². The summed E-state index contributed by atoms with van der Waals surface area (Å²) in [6, 6.07) is 14.5. The molecule has 1 unspecified atom stereocenters. The molecule has 0 aliphatic heterocycles. The minimum atomic E-state index is -0.730. The first kappa shape index (κ1) is 20.9. The molecule has 0 saturated carbocycles. The Kier molecular flexibility index (Phi) is 7.81. The predicted octanol–water partition coefficient (Wildman–Crippen LogP) is 3.82. The maximum atomic E-state index is 12.5. The van der Waals surface area contributed by atoms with Crippen LogP contribution in [0, 0.1) is 6.92 Å². The van der Waals surface area contributed by atoms with Gasteiger partial charge in [0.05, 0.1) is 8.15 Å². The van der Waals surface area contributed by atoms with E-state index in [0.717, 1.165) is 22.4 Å². The topological polar surface area (TPSA) is 64.6 Å². The molecule has 2 aromatic carbocycles. The molecule has 0 aliphatic rings. The van der Waals surface area contributed by atoms with Crippen molar-refractivity contribution in [2.24, 2.45) is 0 Å². The highest BCUT2D eigenvalue weighted by Crippen LogP contribution is 2.32. The molecule has 144 valence electrons. The van der Waals surface area contributed by atoms with Gasteiger partial charge in [0.2, 0.25) is 5.91 Å². The quantitative estimate of drug-likeness (QED) is 0.552. The lowest BCUT2D eigenvalue weighted by Crippen LogP contribution is -2.42. The van der Waals surface area contributed by atoms with Gasteiger partial charge >= 0.3 is 5.97 Å². The molecular weight excluding hydrogens is 361 g/mol. The van der Waals surface area contributed by atoms with E-state index in [2.05, 4.69) is 5.32 Å². The van der Waals surface area contributed by atoms with Crippen molar-refractivity contribution >= 4 is 20.0 Å². The maximum Gasteiger partial charge on any atom is 0.329 e. The number of hydrogen-bond acceptors (Lipinski definition) is 4. The number of ether oxygens (including phenoxy) is 1. The number of aryl methyl sites for hydroxylation is 1. The Labute approximate surface area is 161 Å². The molecule has 2 aromatic rings. The number of amides is 1. The molecular formula is C21H26NO4P. The van der Waals surface area contributed by atoms with E-state index in [-0.39, 0.29) is 12.5 Å². The molecule has 0 radical (unpaired) electrons. The molecule has 0 aromatic heterocycles. The summed E-state index contributed by atoms with van der Waals surface area (Å²) in [5.41, 5.74) is 2.84. The summed E-state index contributed by atoms with van der Waals surface area (Å²) >= 11 is 0. The van der Waals surface area contributed by atoms with E-state index in [9.17, 15) is 9.59 Å². The first-order valence-corrected chi connectivity index (χ1v) is 10.9. The van der Waals surface area contributed by atoms with Gasteiger partial charge in [-0.3, -0.25) is 4.79 Å². The molecule has 1 amide bonds. The zero-order valence-corrected chi connectivity index (χ0v) is 17.1. The monoisotopic (exact) mass is 387 g/mol. The maximum absolute atomic E-state index is 12.5. The molecule has 0 spiro atoms. The Bertz CT molecular complexity index is 777. The van der Waals surface area contributed by atoms with Crippen LogP contribution in [0.5, 0.6) is 5.75 Å². The first-order valence-electron chi connectivity index (χ1n) is 8.77. The van der Waals surface area contributed by atoms with E-state index >= 15 is 0 Å². The smallest absolute Gasteiger partial charge is 0.329 e. The zero-order valence-electron chi connectivity index (χ0n) is 16.2. The molecule has 0 heterocycles. The Morgan fingerprint density at radius 2 is 1.78 bits per heavy atom. The van der Waals surface area contributed by atoms with Crippen LogP contribution < -0.4 is 9.84 Å². The minimum absolute atomic E-state index is 0.179. The number of carbonyl (C=O) groups is 2. The first-order chi connectivity index (χ1) is 12.8. The molecule has 2 rings (SSSR count). The summed E-state index contributed by atoms with van der Waals surface area (Å²) < 4.78 is 11.2. The van der Waals surface area contributed by atoms with Crippen molar-refractivity contribution in [3.8, 4) is 5.75 Å². The third kappa shape index (κ3) is 7.03. The van der Waals surface area contributed by atoms with Crippen LogP contribution in [0.15, 0.2) is 48.5 Å². The van der Waals surface area contributed by atoms with Crippen LogP contribution in [0.3, 0.4) is 0 Å². The predicted molar refractivity (Wildman–Crippen MR) is 108 cm³/mol. The average Bonchev–Trinajstić information content (AvgIpc) is 2.61. The van der Waals surface area contributed by atoms with Crippen molar-refractivity contribution in [2.75, 3.05) is 13.3 Å². The van der Waals surface area contributed by atoms with Gasteiger partial charge in [0.25, 0.3) is 0 Å². The van der Waals surface area contributed by atoms with Crippen molar-refractivity contribution in [3.05, 3.63) is 65.2 Å². The standard InChI is InChI=1S/C21H26NO4P/c1-15-12-18(10-11-20(15)26-27(3)4)13-19(22-16(2)23)21(24)25-14-17-8-6-5-7-9-17/h5-12,19H,13-14H2,1-4H3,(H,22,23). The summed E-state index contributed by atoms with van der Waals surface area (Å²) in [6.07, 6.45) is 0.362. The second-order valence-electron chi connectivity index (χ2n) is 6.55. The lowest BCUT2D eigenvalue weighted by Gasteiger charge is -2.18. The number of benzene rings is 2. The largest absolute Gasteiger partial charge is 0.474 e. The molecule has 0 aliphatic carbocycles. The highest BCUT2D eigenvalue weighted by molar-refractivity contribution is 7.51. The summed E-state index contributed by atoms with van der Waals surface area (Å²) in [7, 11) is -0.500. The van der Waals surface area contributed by atoms with Crippen molar-refractivity contribution in [2.45, 2.75) is 32.9 Å². The average molecular weight is 387 g/mol. The molecule has 5 nitrogen and oxygen atoms in total. The van der Waals surface area contributed by atoms with Gasteiger partial charge in [0.1, 0.15) is 18.4 Å². The molecule has 27 heavy (non-hydrogen) atoms. The summed E-state index contributed by atoms with van der Waals surface area (Å²) in [6.45, 7) is 7.62. The van der Waals surface area contributed by atoms with E-state index in [0.29, 0.717) is 6.42 Å². The van der Waals surface area contributed by atoms with E-state index in [1.807, 2.05) is 68.8 Å². The van der Waals surface area contributed by atoms with E-state index in [1.165, 1.54) is 6.92 Å². The molecule has 0 fully saturated rings. The second-order valence-corrected chi connectivity index (χ2v) is 8.36. The Hall–Kier alpha value is -2.39. The number of esters is 1. The van der Waals surface area contributed by atoms with Crippen LogP contribution >= 0.6 is 8.15 Å². The number of carbonyl (C=O) groups excluding carboxylic acids is 2. The fourth-order valence-electron chi connectivity index (χ4n) is 2.64. The van der Waals surface area contributed by atoms with Gasteiger partial charge in [-0.2, -0.15) is 0 Å². The fourth-order valence-corrected chi connectivity index (χ4v) is 3.24. The van der Waals surface area contributed by atoms with Crippen molar-refractivity contribution in [1.29, 1.82) is 0 Å².